The molecule has 7 heteroatoms. The molecular formula is C32H28N4O2S. The highest BCUT2D eigenvalue weighted by atomic mass is 32.1. The van der Waals surface area contributed by atoms with Crippen LogP contribution in [0, 0.1) is 13.8 Å². The van der Waals surface area contributed by atoms with Crippen LogP contribution in [0.15, 0.2) is 109 Å². The lowest BCUT2D eigenvalue weighted by Gasteiger charge is -2.28. The summed E-state index contributed by atoms with van der Waals surface area (Å²) in [6.45, 7) is 4.14. The molecule has 1 aliphatic rings. The third kappa shape index (κ3) is 4.62. The van der Waals surface area contributed by atoms with Crippen LogP contribution in [0.4, 0.5) is 5.69 Å². The van der Waals surface area contributed by atoms with Gasteiger partial charge in [0.2, 0.25) is 0 Å². The Labute approximate surface area is 233 Å². The molecule has 194 valence electrons. The number of thiocarbonyl (C=S) groups is 1. The second kappa shape index (κ2) is 10.3. The van der Waals surface area contributed by atoms with Crippen LogP contribution >= 0.6 is 12.2 Å². The number of rotatable bonds is 6. The van der Waals surface area contributed by atoms with Crippen LogP contribution in [0.1, 0.15) is 34.7 Å². The summed E-state index contributed by atoms with van der Waals surface area (Å²) < 4.78 is 8.11. The molecule has 0 bridgehead atoms. The highest BCUT2D eigenvalue weighted by Crippen LogP contribution is 2.44. The summed E-state index contributed by atoms with van der Waals surface area (Å²) in [5.74, 6) is 1.77. The number of nitrogens with one attached hydrogen (secondary N) is 1. The molecule has 0 amide bonds. The van der Waals surface area contributed by atoms with Gasteiger partial charge >= 0.3 is 0 Å². The van der Waals surface area contributed by atoms with E-state index in [0.717, 1.165) is 45.5 Å². The van der Waals surface area contributed by atoms with Crippen LogP contribution < -0.4 is 15.0 Å². The monoisotopic (exact) mass is 532 g/mol. The van der Waals surface area contributed by atoms with E-state index >= 15 is 0 Å². The molecule has 2 unspecified atom stereocenters. The van der Waals surface area contributed by atoms with Crippen LogP contribution in [0.3, 0.4) is 0 Å². The fourth-order valence-corrected chi connectivity index (χ4v) is 5.71. The Balaban J connectivity index is 1.43. The quantitative estimate of drug-likeness (QED) is 0.226. The van der Waals surface area contributed by atoms with Crippen molar-refractivity contribution in [3.05, 3.63) is 132 Å². The number of aromatic nitrogens is 2. The van der Waals surface area contributed by atoms with Crippen molar-refractivity contribution in [2.75, 3.05) is 4.90 Å². The first-order valence-electron chi connectivity index (χ1n) is 12.8. The van der Waals surface area contributed by atoms with E-state index in [1.54, 1.807) is 12.3 Å². The van der Waals surface area contributed by atoms with Gasteiger partial charge in [0.1, 0.15) is 17.2 Å². The third-order valence-corrected chi connectivity index (χ3v) is 7.42. The topological polar surface area (TPSA) is 62.5 Å². The SMILES string of the molecule is Cc1cc(C2C(c3ccccn3)NC(=S)N2c2ccc(Oc3ccccc3)cc2)c(C)n1-c1ccccc1O. The zero-order chi connectivity index (χ0) is 26.9. The van der Waals surface area contributed by atoms with Crippen molar-refractivity contribution in [2.24, 2.45) is 0 Å². The smallest absolute Gasteiger partial charge is 0.174 e. The molecule has 0 saturated carbocycles. The van der Waals surface area contributed by atoms with Gasteiger partial charge in [-0.15, -0.1) is 0 Å². The van der Waals surface area contributed by atoms with Crippen LogP contribution in [0.2, 0.25) is 0 Å². The number of anilines is 1. The zero-order valence-electron chi connectivity index (χ0n) is 21.7. The fraction of sp³-hybridized carbons (Fsp3) is 0.125. The molecule has 0 spiro atoms. The van der Waals surface area contributed by atoms with Crippen molar-refractivity contribution in [1.82, 2.24) is 14.9 Å². The van der Waals surface area contributed by atoms with E-state index in [0.29, 0.717) is 5.11 Å². The minimum atomic E-state index is -0.169. The van der Waals surface area contributed by atoms with Gasteiger partial charge in [0.25, 0.3) is 0 Å². The standard InChI is InChI=1S/C32H28N4O2S/c1-21-20-26(22(2)35(21)28-13-6-7-14-29(28)37)31-30(27-12-8-9-19-33-27)34-32(39)36(31)23-15-17-25(18-16-23)38-24-10-4-3-5-11-24/h3-20,30-31,37H,1-2H3,(H,34,39). The first-order valence-corrected chi connectivity index (χ1v) is 13.2. The maximum absolute atomic E-state index is 10.6. The number of hydrogen-bond acceptors (Lipinski definition) is 4. The average molecular weight is 533 g/mol. The Morgan fingerprint density at radius 2 is 1.54 bits per heavy atom. The fourth-order valence-electron chi connectivity index (χ4n) is 5.36. The summed E-state index contributed by atoms with van der Waals surface area (Å²) in [5, 5.41) is 14.8. The van der Waals surface area contributed by atoms with Crippen LogP contribution in [-0.4, -0.2) is 19.8 Å². The van der Waals surface area contributed by atoms with Crippen molar-refractivity contribution in [3.8, 4) is 22.9 Å². The third-order valence-electron chi connectivity index (χ3n) is 7.10. The van der Waals surface area contributed by atoms with E-state index < -0.39 is 0 Å². The largest absolute Gasteiger partial charge is 0.506 e. The van der Waals surface area contributed by atoms with Crippen molar-refractivity contribution in [3.63, 3.8) is 0 Å². The predicted molar refractivity (Wildman–Crippen MR) is 158 cm³/mol. The molecule has 0 radical (unpaired) electrons. The molecule has 39 heavy (non-hydrogen) atoms. The lowest BCUT2D eigenvalue weighted by molar-refractivity contribution is 0.471. The summed E-state index contributed by atoms with van der Waals surface area (Å²) in [7, 11) is 0. The summed E-state index contributed by atoms with van der Waals surface area (Å²) in [4.78, 5) is 6.83. The zero-order valence-corrected chi connectivity index (χ0v) is 22.5. The van der Waals surface area contributed by atoms with Crippen molar-refractivity contribution >= 4 is 23.0 Å². The summed E-state index contributed by atoms with van der Waals surface area (Å²) in [6, 6.07) is 32.9. The van der Waals surface area contributed by atoms with E-state index in [1.165, 1.54) is 0 Å². The summed E-state index contributed by atoms with van der Waals surface area (Å²) >= 11 is 5.92. The molecule has 1 saturated heterocycles. The lowest BCUT2D eigenvalue weighted by Crippen LogP contribution is -2.29. The van der Waals surface area contributed by atoms with Crippen molar-refractivity contribution in [1.29, 1.82) is 0 Å². The van der Waals surface area contributed by atoms with E-state index in [-0.39, 0.29) is 17.8 Å². The highest BCUT2D eigenvalue weighted by molar-refractivity contribution is 7.80. The average Bonchev–Trinajstić information content (AvgIpc) is 3.45. The van der Waals surface area contributed by atoms with Crippen LogP contribution in [0.25, 0.3) is 5.69 Å². The minimum Gasteiger partial charge on any atom is -0.506 e. The first-order chi connectivity index (χ1) is 19.0. The predicted octanol–water partition coefficient (Wildman–Crippen LogP) is 7.16. The van der Waals surface area contributed by atoms with Gasteiger partial charge in [-0.2, -0.15) is 0 Å². The second-order valence-corrected chi connectivity index (χ2v) is 9.94. The molecule has 1 aliphatic heterocycles. The summed E-state index contributed by atoms with van der Waals surface area (Å²) in [6.07, 6.45) is 1.81. The van der Waals surface area contributed by atoms with Gasteiger partial charge < -0.3 is 24.6 Å². The number of pyridine rings is 1. The van der Waals surface area contributed by atoms with E-state index in [1.807, 2.05) is 91.0 Å². The Bertz CT molecular complexity index is 1620. The van der Waals surface area contributed by atoms with Crippen molar-refractivity contribution in [2.45, 2.75) is 25.9 Å². The molecular weight excluding hydrogens is 504 g/mol. The summed E-state index contributed by atoms with van der Waals surface area (Å²) in [5.41, 5.74) is 5.75. The van der Waals surface area contributed by atoms with Crippen LogP contribution in [0.5, 0.6) is 17.2 Å². The Morgan fingerprint density at radius 1 is 0.846 bits per heavy atom. The molecule has 6 nitrogen and oxygen atoms in total. The normalized spacial score (nSPS) is 16.8. The molecule has 0 aliphatic carbocycles. The minimum absolute atomic E-state index is 0.168. The van der Waals surface area contributed by atoms with Gasteiger partial charge in [0, 0.05) is 23.3 Å². The number of aryl methyl sites for hydroxylation is 1. The maximum atomic E-state index is 10.6. The number of ether oxygens (including phenoxy) is 1. The van der Waals surface area contributed by atoms with Crippen LogP contribution in [-0.2, 0) is 0 Å². The van der Waals surface area contributed by atoms with Gasteiger partial charge in [-0.3, -0.25) is 4.98 Å². The maximum Gasteiger partial charge on any atom is 0.174 e. The highest BCUT2D eigenvalue weighted by Gasteiger charge is 2.42. The van der Waals surface area contributed by atoms with Crippen molar-refractivity contribution < 1.29 is 9.84 Å². The molecule has 1 fully saturated rings. The van der Waals surface area contributed by atoms with Gasteiger partial charge in [-0.1, -0.05) is 36.4 Å². The van der Waals surface area contributed by atoms with Gasteiger partial charge in [-0.25, -0.2) is 0 Å². The number of benzene rings is 3. The number of aromatic hydroxyl groups is 1. The number of nitrogens with zero attached hydrogens (tertiary/aromatic N) is 3. The van der Waals surface area contributed by atoms with E-state index in [9.17, 15) is 5.11 Å². The molecule has 6 rings (SSSR count). The number of phenols is 1. The molecule has 2 N–H and O–H groups in total. The number of para-hydroxylation sites is 3. The Morgan fingerprint density at radius 3 is 2.26 bits per heavy atom. The molecule has 5 aromatic rings. The van der Waals surface area contributed by atoms with Gasteiger partial charge in [-0.05, 0) is 98.4 Å². The van der Waals surface area contributed by atoms with E-state index in [2.05, 4.69) is 39.7 Å². The Hall–Kier alpha value is -4.62. The number of hydrogen-bond donors (Lipinski definition) is 2. The molecule has 2 atom stereocenters. The van der Waals surface area contributed by atoms with E-state index in [4.69, 9.17) is 17.0 Å². The lowest BCUT2D eigenvalue weighted by atomic mass is 9.96. The van der Waals surface area contributed by atoms with Gasteiger partial charge in [0.05, 0.1) is 23.5 Å². The van der Waals surface area contributed by atoms with Gasteiger partial charge in [0.15, 0.2) is 5.11 Å². The molecule has 3 heterocycles. The number of phenolic OH excluding ortho intramolecular Hbond substituents is 1. The second-order valence-electron chi connectivity index (χ2n) is 9.56. The Kier molecular flexibility index (Phi) is 6.50. The first kappa shape index (κ1) is 24.7. The molecule has 3 aromatic carbocycles. The molecule has 2 aromatic heterocycles.